The van der Waals surface area contributed by atoms with Gasteiger partial charge in [-0.25, -0.2) is 0 Å². The molecule has 0 aliphatic heterocycles. The molecule has 6 nitrogen and oxygen atoms in total. The first-order chi connectivity index (χ1) is 13.7. The van der Waals surface area contributed by atoms with Crippen molar-refractivity contribution in [3.63, 3.8) is 0 Å². The molecule has 4 aromatic rings. The van der Waals surface area contributed by atoms with Crippen LogP contribution in [0.4, 0.5) is 0 Å². The van der Waals surface area contributed by atoms with Crippen molar-refractivity contribution in [3.05, 3.63) is 52.7 Å². The predicted octanol–water partition coefficient (Wildman–Crippen LogP) is 5.90. The molecule has 1 aliphatic carbocycles. The van der Waals surface area contributed by atoms with Crippen molar-refractivity contribution in [1.29, 1.82) is 0 Å². The fraction of sp³-hybridized carbons (Fsp3) is 0.263. The first-order valence-electron chi connectivity index (χ1n) is 8.94. The van der Waals surface area contributed by atoms with Crippen molar-refractivity contribution in [2.75, 3.05) is 0 Å². The summed E-state index contributed by atoms with van der Waals surface area (Å²) in [5, 5.41) is 20.9. The molecule has 1 aliphatic rings. The van der Waals surface area contributed by atoms with Crippen LogP contribution in [-0.4, -0.2) is 25.0 Å². The number of rotatable bonds is 6. The van der Waals surface area contributed by atoms with Crippen molar-refractivity contribution in [2.24, 2.45) is 0 Å². The van der Waals surface area contributed by atoms with Crippen LogP contribution >= 0.6 is 34.7 Å². The van der Waals surface area contributed by atoms with Gasteiger partial charge in [0.15, 0.2) is 11.0 Å². The lowest BCUT2D eigenvalue weighted by atomic mass is 10.2. The predicted molar refractivity (Wildman–Crippen MR) is 111 cm³/mol. The molecule has 0 unspecified atom stereocenters. The van der Waals surface area contributed by atoms with Gasteiger partial charge in [-0.2, -0.15) is 0 Å². The topological polar surface area (TPSA) is 69.6 Å². The van der Waals surface area contributed by atoms with Gasteiger partial charge in [0.25, 0.3) is 0 Å². The van der Waals surface area contributed by atoms with Gasteiger partial charge >= 0.3 is 0 Å². The average molecular weight is 430 g/mol. The van der Waals surface area contributed by atoms with E-state index in [2.05, 4.69) is 36.4 Å². The number of hydrogen-bond donors (Lipinski definition) is 0. The van der Waals surface area contributed by atoms with Crippen LogP contribution in [-0.2, 0) is 0 Å². The fourth-order valence-electron chi connectivity index (χ4n) is 2.94. The van der Waals surface area contributed by atoms with Gasteiger partial charge in [-0.05, 0) is 49.4 Å². The Morgan fingerprint density at radius 2 is 2.07 bits per heavy atom. The highest BCUT2D eigenvalue weighted by molar-refractivity contribution is 7.99. The van der Waals surface area contributed by atoms with E-state index in [0.29, 0.717) is 22.8 Å². The molecule has 0 bridgehead atoms. The molecule has 0 saturated heterocycles. The lowest BCUT2D eigenvalue weighted by Crippen LogP contribution is -2.00. The van der Waals surface area contributed by atoms with Gasteiger partial charge in [0.2, 0.25) is 11.8 Å². The quantitative estimate of drug-likeness (QED) is 0.355. The maximum atomic E-state index is 6.06. The molecule has 0 radical (unpaired) electrons. The highest BCUT2D eigenvalue weighted by Gasteiger charge is 2.31. The molecule has 1 saturated carbocycles. The average Bonchev–Trinajstić information content (AvgIpc) is 3.12. The number of nitrogens with zero attached hydrogens (tertiary/aromatic N) is 5. The van der Waals surface area contributed by atoms with Crippen LogP contribution in [0.1, 0.15) is 36.9 Å². The molecule has 28 heavy (non-hydrogen) atoms. The van der Waals surface area contributed by atoms with Crippen LogP contribution in [0.3, 0.4) is 0 Å². The van der Waals surface area contributed by atoms with E-state index in [1.807, 2.05) is 37.3 Å². The normalized spacial score (nSPS) is 15.1. The van der Waals surface area contributed by atoms with E-state index in [1.165, 1.54) is 0 Å². The molecule has 1 aromatic carbocycles. The highest BCUT2D eigenvalue weighted by Crippen LogP contribution is 2.44. The minimum atomic E-state index is -0.0432. The van der Waals surface area contributed by atoms with E-state index in [0.717, 1.165) is 34.3 Å². The van der Waals surface area contributed by atoms with E-state index in [-0.39, 0.29) is 5.25 Å². The third kappa shape index (κ3) is 3.47. The van der Waals surface area contributed by atoms with Crippen LogP contribution in [0.25, 0.3) is 22.2 Å². The number of thiophene rings is 1. The summed E-state index contributed by atoms with van der Waals surface area (Å²) >= 11 is 9.33. The van der Waals surface area contributed by atoms with Gasteiger partial charge in [0.1, 0.15) is 0 Å². The molecule has 0 amide bonds. The molecule has 1 fully saturated rings. The molecule has 1 atom stereocenters. The molecule has 0 N–H and O–H groups in total. The standard InChI is InChI=1S/C19H16ClN5OS2/c1-11(17-22-23-18(26-17)12-4-2-5-13(20)10-12)28-19-24-21-16(15-6-3-9-27-15)25(19)14-7-8-14/h2-6,9-11,14H,7-8H2,1H3/t11-/m0/s1. The number of aromatic nitrogens is 5. The maximum Gasteiger partial charge on any atom is 0.247 e. The summed E-state index contributed by atoms with van der Waals surface area (Å²) in [6.07, 6.45) is 2.33. The summed E-state index contributed by atoms with van der Waals surface area (Å²) in [6, 6.07) is 12.0. The number of benzene rings is 1. The lowest BCUT2D eigenvalue weighted by molar-refractivity contribution is 0.508. The summed E-state index contributed by atoms with van der Waals surface area (Å²) in [6.45, 7) is 2.04. The second-order valence-electron chi connectivity index (χ2n) is 6.60. The summed E-state index contributed by atoms with van der Waals surface area (Å²) in [7, 11) is 0. The Bertz CT molecular complexity index is 1100. The number of hydrogen-bond acceptors (Lipinski definition) is 7. The van der Waals surface area contributed by atoms with Crippen molar-refractivity contribution >= 4 is 34.7 Å². The Hall–Kier alpha value is -2.16. The summed E-state index contributed by atoms with van der Waals surface area (Å²) in [5.74, 6) is 1.97. The third-order valence-electron chi connectivity index (χ3n) is 4.46. The van der Waals surface area contributed by atoms with Crippen LogP contribution in [0, 0.1) is 0 Å². The van der Waals surface area contributed by atoms with Crippen molar-refractivity contribution < 1.29 is 4.42 Å². The summed E-state index contributed by atoms with van der Waals surface area (Å²) in [5.41, 5.74) is 0.810. The Labute approximate surface area is 175 Å². The second-order valence-corrected chi connectivity index (χ2v) is 9.29. The van der Waals surface area contributed by atoms with Crippen molar-refractivity contribution in [2.45, 2.75) is 36.2 Å². The Morgan fingerprint density at radius 1 is 1.18 bits per heavy atom. The zero-order valence-corrected chi connectivity index (χ0v) is 17.3. The highest BCUT2D eigenvalue weighted by atomic mass is 35.5. The summed E-state index contributed by atoms with van der Waals surface area (Å²) in [4.78, 5) is 1.14. The lowest BCUT2D eigenvalue weighted by Gasteiger charge is -2.10. The van der Waals surface area contributed by atoms with E-state index in [9.17, 15) is 0 Å². The molecular weight excluding hydrogens is 414 g/mol. The van der Waals surface area contributed by atoms with Crippen LogP contribution in [0.2, 0.25) is 5.02 Å². The van der Waals surface area contributed by atoms with Crippen LogP contribution in [0.5, 0.6) is 0 Å². The van der Waals surface area contributed by atoms with Gasteiger partial charge in [-0.15, -0.1) is 31.7 Å². The number of halogens is 1. The molecule has 142 valence electrons. The SMILES string of the molecule is C[C@H](Sc1nnc(-c2cccs2)n1C1CC1)c1nnc(-c2cccc(Cl)c2)o1. The van der Waals surface area contributed by atoms with E-state index in [4.69, 9.17) is 16.0 Å². The third-order valence-corrected chi connectivity index (χ3v) is 6.61. The van der Waals surface area contributed by atoms with Gasteiger partial charge in [0, 0.05) is 16.6 Å². The second kappa shape index (κ2) is 7.35. The van der Waals surface area contributed by atoms with Gasteiger partial charge in [-0.3, -0.25) is 4.57 Å². The van der Waals surface area contributed by atoms with Gasteiger partial charge in [0.05, 0.1) is 10.1 Å². The molecule has 3 aromatic heterocycles. The minimum Gasteiger partial charge on any atom is -0.419 e. The molecule has 5 rings (SSSR count). The first kappa shape index (κ1) is 17.9. The Kier molecular flexibility index (Phi) is 4.70. The van der Waals surface area contributed by atoms with E-state index >= 15 is 0 Å². The minimum absolute atomic E-state index is 0.0432. The van der Waals surface area contributed by atoms with Gasteiger partial charge in [-0.1, -0.05) is 35.5 Å². The maximum absolute atomic E-state index is 6.06. The van der Waals surface area contributed by atoms with Gasteiger partial charge < -0.3 is 4.42 Å². The molecule has 9 heteroatoms. The fourth-order valence-corrected chi connectivity index (χ4v) is 4.78. The molecule has 0 spiro atoms. The van der Waals surface area contributed by atoms with E-state index < -0.39 is 0 Å². The first-order valence-corrected chi connectivity index (χ1v) is 11.1. The van der Waals surface area contributed by atoms with Crippen molar-refractivity contribution in [1.82, 2.24) is 25.0 Å². The van der Waals surface area contributed by atoms with Crippen molar-refractivity contribution in [3.8, 4) is 22.2 Å². The zero-order valence-electron chi connectivity index (χ0n) is 14.9. The Morgan fingerprint density at radius 3 is 2.82 bits per heavy atom. The largest absolute Gasteiger partial charge is 0.419 e. The van der Waals surface area contributed by atoms with E-state index in [1.54, 1.807) is 23.1 Å². The number of thioether (sulfide) groups is 1. The summed E-state index contributed by atoms with van der Waals surface area (Å²) < 4.78 is 8.15. The van der Waals surface area contributed by atoms with Crippen LogP contribution in [0.15, 0.2) is 51.4 Å². The zero-order chi connectivity index (χ0) is 19.1. The molecular formula is C19H16ClN5OS2. The Balaban J connectivity index is 1.40. The molecule has 3 heterocycles. The monoisotopic (exact) mass is 429 g/mol. The van der Waals surface area contributed by atoms with Crippen LogP contribution < -0.4 is 0 Å². The smallest absolute Gasteiger partial charge is 0.247 e.